The Hall–Kier alpha value is -2.37. The number of carbonyl (C=O) groups is 3. The van der Waals surface area contributed by atoms with E-state index in [1.165, 1.54) is 40.0 Å². The Morgan fingerprint density at radius 1 is 1.26 bits per heavy atom. The molecular formula is C25H31NO9. The molecule has 2 aliphatic carbocycles. The van der Waals surface area contributed by atoms with Crippen LogP contribution in [0.1, 0.15) is 57.4 Å². The van der Waals surface area contributed by atoms with Gasteiger partial charge in [-0.2, -0.15) is 0 Å². The summed E-state index contributed by atoms with van der Waals surface area (Å²) in [4.78, 5) is 44.4. The molecule has 0 radical (unpaired) electrons. The van der Waals surface area contributed by atoms with Crippen molar-refractivity contribution in [3.63, 3.8) is 0 Å². The summed E-state index contributed by atoms with van der Waals surface area (Å²) in [5.41, 5.74) is -11.2. The molecule has 2 aliphatic heterocycles. The van der Waals surface area contributed by atoms with Crippen LogP contribution in [-0.2, 0) is 19.1 Å². The summed E-state index contributed by atoms with van der Waals surface area (Å²) >= 11 is 0. The molecule has 8 atom stereocenters. The molecule has 10 heteroatoms. The number of aromatic nitrogens is 1. The van der Waals surface area contributed by atoms with E-state index in [1.807, 2.05) is 0 Å². The van der Waals surface area contributed by atoms with Crippen LogP contribution in [0.5, 0.6) is 0 Å². The number of hydrogen-bond donors (Lipinski definition) is 5. The van der Waals surface area contributed by atoms with Crippen molar-refractivity contribution < 1.29 is 44.3 Å². The standard InChI is InChI=1S/C25H31NO9/c1-12(2)24(33)17(34-18(29)14-7-6-10-26-14)16(28)20(4)11-23(32)21(24,5)19(30)25(35-23)15(27)13(3)8-9-22(20,25)31/h6-7,10,12,15,17,26-27,31-33H,3,8-9,11H2,1-2,4-5H3/t15-,17+,20-,21+,22+,23+,24-,25+/m1/s1. The highest BCUT2D eigenvalue weighted by atomic mass is 16.7. The predicted molar refractivity (Wildman–Crippen MR) is 119 cm³/mol. The van der Waals surface area contributed by atoms with Crippen LogP contribution in [0.25, 0.3) is 0 Å². The Morgan fingerprint density at radius 3 is 2.49 bits per heavy atom. The molecule has 190 valence electrons. The number of nitrogens with one attached hydrogen (secondary N) is 1. The first kappa shape index (κ1) is 24.3. The average Bonchev–Trinajstić information content (AvgIpc) is 3.38. The van der Waals surface area contributed by atoms with Crippen molar-refractivity contribution in [2.24, 2.45) is 16.7 Å². The van der Waals surface area contributed by atoms with Crippen LogP contribution in [-0.4, -0.2) is 77.7 Å². The molecule has 3 heterocycles. The Kier molecular flexibility index (Phi) is 4.65. The van der Waals surface area contributed by atoms with Crippen molar-refractivity contribution in [2.75, 3.05) is 0 Å². The van der Waals surface area contributed by atoms with E-state index in [1.54, 1.807) is 6.07 Å². The zero-order valence-electron chi connectivity index (χ0n) is 20.1. The van der Waals surface area contributed by atoms with Crippen molar-refractivity contribution in [2.45, 2.75) is 81.8 Å². The van der Waals surface area contributed by atoms with Gasteiger partial charge in [-0.1, -0.05) is 20.4 Å². The second kappa shape index (κ2) is 6.68. The first-order chi connectivity index (χ1) is 16.1. The van der Waals surface area contributed by atoms with Gasteiger partial charge in [0, 0.05) is 12.6 Å². The highest BCUT2D eigenvalue weighted by Gasteiger charge is 2.92. The lowest BCUT2D eigenvalue weighted by Gasteiger charge is -2.61. The summed E-state index contributed by atoms with van der Waals surface area (Å²) in [5.74, 6) is -6.16. The van der Waals surface area contributed by atoms with E-state index in [0.29, 0.717) is 0 Å². The molecular weight excluding hydrogens is 458 g/mol. The number of aliphatic hydroxyl groups is 4. The molecule has 1 spiro atoms. The van der Waals surface area contributed by atoms with E-state index in [-0.39, 0.29) is 24.1 Å². The quantitative estimate of drug-likeness (QED) is 0.298. The summed E-state index contributed by atoms with van der Waals surface area (Å²) < 4.78 is 11.6. The molecule has 2 saturated heterocycles. The number of aliphatic hydroxyl groups excluding tert-OH is 1. The highest BCUT2D eigenvalue weighted by Crippen LogP contribution is 2.73. The van der Waals surface area contributed by atoms with Crippen molar-refractivity contribution in [1.29, 1.82) is 0 Å². The molecule has 1 aromatic rings. The van der Waals surface area contributed by atoms with Crippen molar-refractivity contribution in [1.82, 2.24) is 4.98 Å². The lowest BCUT2D eigenvalue weighted by molar-refractivity contribution is -0.375. The van der Waals surface area contributed by atoms with E-state index in [9.17, 15) is 34.8 Å². The molecule has 3 bridgehead atoms. The molecule has 0 aromatic carbocycles. The highest BCUT2D eigenvalue weighted by molar-refractivity contribution is 6.06. The minimum Gasteiger partial charge on any atom is -0.446 e. The topological polar surface area (TPSA) is 166 Å². The van der Waals surface area contributed by atoms with Crippen LogP contribution < -0.4 is 0 Å². The van der Waals surface area contributed by atoms with Gasteiger partial charge in [0.25, 0.3) is 0 Å². The van der Waals surface area contributed by atoms with Crippen LogP contribution in [0.4, 0.5) is 0 Å². The summed E-state index contributed by atoms with van der Waals surface area (Å²) in [6.45, 7) is 9.46. The summed E-state index contributed by atoms with van der Waals surface area (Å²) in [5, 5.41) is 47.6. The van der Waals surface area contributed by atoms with E-state index in [4.69, 9.17) is 9.47 Å². The predicted octanol–water partition coefficient (Wildman–Crippen LogP) is 0.395. The fourth-order valence-electron chi connectivity index (χ4n) is 7.31. The third-order valence-corrected chi connectivity index (χ3v) is 9.51. The maximum atomic E-state index is 14.4. The van der Waals surface area contributed by atoms with Gasteiger partial charge in [0.2, 0.25) is 0 Å². The molecule has 2 saturated carbocycles. The minimum atomic E-state index is -2.47. The van der Waals surface area contributed by atoms with Gasteiger partial charge in [-0.3, -0.25) is 9.59 Å². The number of rotatable bonds is 3. The van der Waals surface area contributed by atoms with E-state index >= 15 is 0 Å². The van der Waals surface area contributed by atoms with Gasteiger partial charge in [0.05, 0.1) is 5.41 Å². The SMILES string of the molecule is C=C1CC[C@@]2(O)[C@]3(O[C@@]4(O)C[C@]2(C)C(=O)[C@H](OC(=O)c2ccc[nH]2)[C@](O)(C(C)C)[C@@]4(C)C3=O)[C@@H]1O. The normalized spacial score (nSPS) is 48.8. The van der Waals surface area contributed by atoms with Gasteiger partial charge < -0.3 is 34.9 Å². The number of Topliss-reactive ketones (excluding diaryl/α,β-unsaturated/α-hetero) is 2. The van der Waals surface area contributed by atoms with Gasteiger partial charge in [-0.25, -0.2) is 4.79 Å². The molecule has 1 aromatic heterocycles. The van der Waals surface area contributed by atoms with E-state index < -0.39 is 75.5 Å². The molecule has 0 unspecified atom stereocenters. The third kappa shape index (κ3) is 2.27. The fourth-order valence-corrected chi connectivity index (χ4v) is 7.31. The zero-order valence-corrected chi connectivity index (χ0v) is 20.1. The number of carbonyl (C=O) groups excluding carboxylic acids is 3. The second-order valence-corrected chi connectivity index (χ2v) is 11.2. The number of ether oxygens (including phenoxy) is 2. The summed E-state index contributed by atoms with van der Waals surface area (Å²) in [6.07, 6.45) is -2.81. The van der Waals surface area contributed by atoms with E-state index in [0.717, 1.165) is 0 Å². The Labute approximate surface area is 201 Å². The number of fused-ring (bicyclic) bond motifs is 2. The monoisotopic (exact) mass is 489 g/mol. The molecule has 10 nitrogen and oxygen atoms in total. The maximum absolute atomic E-state index is 14.4. The number of hydrogen-bond acceptors (Lipinski definition) is 9. The van der Waals surface area contributed by atoms with Gasteiger partial charge in [0.1, 0.15) is 28.4 Å². The average molecular weight is 490 g/mol. The minimum absolute atomic E-state index is 0.0128. The third-order valence-electron chi connectivity index (χ3n) is 9.51. The van der Waals surface area contributed by atoms with Crippen LogP contribution >= 0.6 is 0 Å². The first-order valence-corrected chi connectivity index (χ1v) is 11.7. The lowest BCUT2D eigenvalue weighted by Crippen LogP contribution is -2.79. The van der Waals surface area contributed by atoms with Gasteiger partial charge >= 0.3 is 5.97 Å². The summed E-state index contributed by atoms with van der Waals surface area (Å²) in [7, 11) is 0. The van der Waals surface area contributed by atoms with Crippen molar-refractivity contribution in [3.8, 4) is 0 Å². The first-order valence-electron chi connectivity index (χ1n) is 11.7. The number of ketones is 2. The summed E-state index contributed by atoms with van der Waals surface area (Å²) in [6, 6.07) is 2.97. The van der Waals surface area contributed by atoms with Crippen LogP contribution in [0.2, 0.25) is 0 Å². The Bertz CT molecular complexity index is 1160. The number of esters is 1. The molecule has 35 heavy (non-hydrogen) atoms. The molecule has 4 fully saturated rings. The molecule has 4 aliphatic rings. The van der Waals surface area contributed by atoms with Gasteiger partial charge in [-0.05, 0) is 50.3 Å². The number of aromatic amines is 1. The molecule has 0 amide bonds. The Morgan fingerprint density at radius 2 is 1.91 bits per heavy atom. The van der Waals surface area contributed by atoms with Crippen LogP contribution in [0.3, 0.4) is 0 Å². The van der Waals surface area contributed by atoms with Crippen LogP contribution in [0, 0.1) is 16.7 Å². The van der Waals surface area contributed by atoms with Crippen LogP contribution in [0.15, 0.2) is 30.5 Å². The maximum Gasteiger partial charge on any atom is 0.355 e. The van der Waals surface area contributed by atoms with Crippen molar-refractivity contribution >= 4 is 17.5 Å². The smallest absolute Gasteiger partial charge is 0.355 e. The lowest BCUT2D eigenvalue weighted by atomic mass is 9.49. The molecule has 5 N–H and O–H groups in total. The van der Waals surface area contributed by atoms with Crippen molar-refractivity contribution in [3.05, 3.63) is 36.2 Å². The number of H-pyrrole nitrogens is 1. The van der Waals surface area contributed by atoms with Gasteiger partial charge in [-0.15, -0.1) is 0 Å². The molecule has 5 rings (SSSR count). The van der Waals surface area contributed by atoms with E-state index in [2.05, 4.69) is 11.6 Å². The largest absolute Gasteiger partial charge is 0.446 e. The zero-order chi connectivity index (χ0) is 26.0. The fraction of sp³-hybridized carbons (Fsp3) is 0.640. The second-order valence-electron chi connectivity index (χ2n) is 11.2. The Balaban J connectivity index is 1.82. The van der Waals surface area contributed by atoms with Gasteiger partial charge in [0.15, 0.2) is 29.1 Å².